The molecule has 0 radical (unpaired) electrons. The summed E-state index contributed by atoms with van der Waals surface area (Å²) >= 11 is 4.49. The highest BCUT2D eigenvalue weighted by Crippen LogP contribution is 2.54. The second-order valence-corrected chi connectivity index (χ2v) is 13.4. The van der Waals surface area contributed by atoms with E-state index in [-0.39, 0.29) is 51.7 Å². The van der Waals surface area contributed by atoms with Crippen LogP contribution < -0.4 is 0 Å². The van der Waals surface area contributed by atoms with Crippen molar-refractivity contribution in [2.75, 3.05) is 19.3 Å². The van der Waals surface area contributed by atoms with Crippen LogP contribution in [0.3, 0.4) is 0 Å². The lowest BCUT2D eigenvalue weighted by atomic mass is 9.79. The number of likely N-dealkylation sites (tertiary alicyclic amines) is 1. The molecule has 0 N–H and O–H groups in total. The molecular weight excluding hydrogens is 545 g/mol. The van der Waals surface area contributed by atoms with Crippen molar-refractivity contribution >= 4 is 56.6 Å². The molecule has 208 valence electrons. The van der Waals surface area contributed by atoms with Gasteiger partial charge in [0.1, 0.15) is 17.4 Å². The van der Waals surface area contributed by atoms with Gasteiger partial charge in [-0.25, -0.2) is 14.2 Å². The van der Waals surface area contributed by atoms with Crippen LogP contribution in [0.1, 0.15) is 64.7 Å². The number of amides is 2. The zero-order valence-corrected chi connectivity index (χ0v) is 24.1. The fourth-order valence-electron chi connectivity index (χ4n) is 6.63. The monoisotopic (exact) mass is 575 g/mol. The van der Waals surface area contributed by atoms with Crippen LogP contribution in [0.2, 0.25) is 5.15 Å². The minimum atomic E-state index is -1.53. The van der Waals surface area contributed by atoms with Crippen LogP contribution in [0.4, 0.5) is 9.18 Å². The third-order valence-electron chi connectivity index (χ3n) is 8.17. The largest absolute Gasteiger partial charge is 0.610 e. The Balaban J connectivity index is 1.60. The van der Waals surface area contributed by atoms with Crippen LogP contribution in [-0.2, 0) is 20.7 Å². The lowest BCUT2D eigenvalue weighted by Gasteiger charge is -2.40. The minimum Gasteiger partial charge on any atom is -0.610 e. The second-order valence-electron chi connectivity index (χ2n) is 11.8. The topological polar surface area (TPSA) is 104 Å². The average Bonchev–Trinajstić information content (AvgIpc) is 3.61. The summed E-state index contributed by atoms with van der Waals surface area (Å²) in [5, 5.41) is 1.03. The smallest absolute Gasteiger partial charge is 0.410 e. The second kappa shape index (κ2) is 9.21. The number of rotatable bonds is 3. The van der Waals surface area contributed by atoms with E-state index >= 15 is 4.39 Å². The Morgan fingerprint density at radius 1 is 1.26 bits per heavy atom. The highest BCUT2D eigenvalue weighted by atomic mass is 35.5. The Labute approximate surface area is 233 Å². The first kappa shape index (κ1) is 26.6. The summed E-state index contributed by atoms with van der Waals surface area (Å²) in [5.74, 6) is -0.647. The van der Waals surface area contributed by atoms with Gasteiger partial charge in [0.05, 0.1) is 29.0 Å². The van der Waals surface area contributed by atoms with E-state index in [1.807, 2.05) is 31.7 Å². The highest BCUT2D eigenvalue weighted by molar-refractivity contribution is 7.90. The van der Waals surface area contributed by atoms with E-state index in [0.29, 0.717) is 29.4 Å². The fraction of sp³-hybridized carbons (Fsp3) is 0.556. The van der Waals surface area contributed by atoms with Gasteiger partial charge in [0.15, 0.2) is 11.0 Å². The molecule has 0 spiro atoms. The van der Waals surface area contributed by atoms with Crippen molar-refractivity contribution in [3.8, 4) is 0 Å². The van der Waals surface area contributed by atoms with Crippen LogP contribution in [0, 0.1) is 11.7 Å². The zero-order chi connectivity index (χ0) is 28.0. The van der Waals surface area contributed by atoms with Gasteiger partial charge in [0, 0.05) is 54.4 Å². The van der Waals surface area contributed by atoms with Crippen LogP contribution in [-0.4, -0.2) is 71.9 Å². The predicted molar refractivity (Wildman–Crippen MR) is 146 cm³/mol. The summed E-state index contributed by atoms with van der Waals surface area (Å²) < 4.78 is 36.0. The summed E-state index contributed by atoms with van der Waals surface area (Å²) in [4.78, 5) is 37.9. The molecule has 4 fully saturated rings. The number of pyridine rings is 2. The maximum Gasteiger partial charge on any atom is 0.410 e. The van der Waals surface area contributed by atoms with Crippen molar-refractivity contribution < 1.29 is 23.3 Å². The van der Waals surface area contributed by atoms with E-state index in [0.717, 1.165) is 25.0 Å². The molecule has 12 heteroatoms. The van der Waals surface area contributed by atoms with Crippen molar-refractivity contribution in [3.63, 3.8) is 0 Å². The average molecular weight is 576 g/mol. The molecule has 6 heterocycles. The summed E-state index contributed by atoms with van der Waals surface area (Å²) in [7, 11) is 0. The molecule has 0 aromatic carbocycles. The molecule has 1 unspecified atom stereocenters. The minimum absolute atomic E-state index is 0.00381. The normalized spacial score (nSPS) is 25.4. The number of carbonyl (C=O) groups is 2. The van der Waals surface area contributed by atoms with Gasteiger partial charge >= 0.3 is 6.09 Å². The van der Waals surface area contributed by atoms with E-state index in [9.17, 15) is 14.1 Å². The van der Waals surface area contributed by atoms with Gasteiger partial charge in [-0.3, -0.25) is 4.79 Å². The molecule has 1 saturated carbocycles. The highest BCUT2D eigenvalue weighted by Gasteiger charge is 2.57. The third-order valence-corrected chi connectivity index (χ3v) is 9.29. The molecule has 2 bridgehead atoms. The molecule has 3 aliphatic heterocycles. The molecule has 39 heavy (non-hydrogen) atoms. The van der Waals surface area contributed by atoms with Crippen LogP contribution in [0.25, 0.3) is 21.8 Å². The maximum atomic E-state index is 15.3. The number of hydrogen-bond donors (Lipinski definition) is 0. The number of carbonyl (C=O) groups excluding carboxylic acids is 2. The van der Waals surface area contributed by atoms with Crippen LogP contribution in [0.15, 0.2) is 17.3 Å². The van der Waals surface area contributed by atoms with Gasteiger partial charge in [-0.05, 0) is 46.1 Å². The summed E-state index contributed by atoms with van der Waals surface area (Å²) in [6.45, 7) is 8.27. The van der Waals surface area contributed by atoms with Gasteiger partial charge in [-0.15, -0.1) is 0 Å². The van der Waals surface area contributed by atoms with E-state index in [2.05, 4.69) is 14.5 Å². The SMILES string of the molecule is CC(=O)N1CCC[C@@H]1c1cc2c([S+](C)[O-])nc3c(F)c(Cl)ncc3c2n1[C@H]1[C@@H]2C[C@H]1N(C(=O)OC(C)(C)C)C2. The number of halogens is 2. The van der Waals surface area contributed by atoms with Gasteiger partial charge < -0.3 is 23.7 Å². The number of ether oxygens (including phenoxy) is 1. The molecule has 3 saturated heterocycles. The molecule has 3 aromatic heterocycles. The molecule has 1 aliphatic carbocycles. The van der Waals surface area contributed by atoms with E-state index in [1.54, 1.807) is 11.8 Å². The van der Waals surface area contributed by atoms with Crippen molar-refractivity contribution in [3.05, 3.63) is 28.9 Å². The third kappa shape index (κ3) is 4.15. The summed E-state index contributed by atoms with van der Waals surface area (Å²) in [6.07, 6.45) is 5.09. The quantitative estimate of drug-likeness (QED) is 0.322. The lowest BCUT2D eigenvalue weighted by Crippen LogP contribution is -2.45. The molecule has 2 amide bonds. The molecular formula is C27H31ClFN5O4S. The van der Waals surface area contributed by atoms with Crippen molar-refractivity contribution in [1.82, 2.24) is 24.3 Å². The number of aromatic nitrogens is 3. The van der Waals surface area contributed by atoms with Crippen molar-refractivity contribution in [2.24, 2.45) is 5.92 Å². The van der Waals surface area contributed by atoms with Gasteiger partial charge in [0.25, 0.3) is 5.03 Å². The van der Waals surface area contributed by atoms with Gasteiger partial charge in [0.2, 0.25) is 5.91 Å². The predicted octanol–water partition coefficient (Wildman–Crippen LogP) is 4.98. The Morgan fingerprint density at radius 2 is 2.00 bits per heavy atom. The van der Waals surface area contributed by atoms with Crippen LogP contribution >= 0.6 is 11.6 Å². The van der Waals surface area contributed by atoms with Crippen LogP contribution in [0.5, 0.6) is 0 Å². The van der Waals surface area contributed by atoms with Gasteiger partial charge in [-0.1, -0.05) is 11.6 Å². The zero-order valence-electron chi connectivity index (χ0n) is 22.5. The van der Waals surface area contributed by atoms with Gasteiger partial charge in [-0.2, -0.15) is 4.98 Å². The molecule has 9 nitrogen and oxygen atoms in total. The summed E-state index contributed by atoms with van der Waals surface area (Å²) in [6, 6.07) is 1.49. The van der Waals surface area contributed by atoms with E-state index in [1.165, 1.54) is 12.5 Å². The molecule has 4 aliphatic rings. The Kier molecular flexibility index (Phi) is 6.28. The Bertz CT molecular complexity index is 1520. The summed E-state index contributed by atoms with van der Waals surface area (Å²) in [5.41, 5.74) is 0.912. The number of nitrogens with zero attached hydrogens (tertiary/aromatic N) is 5. The van der Waals surface area contributed by atoms with Crippen molar-refractivity contribution in [1.29, 1.82) is 0 Å². The van der Waals surface area contributed by atoms with Crippen molar-refractivity contribution in [2.45, 2.75) is 75.7 Å². The molecule has 7 rings (SSSR count). The first-order valence-corrected chi connectivity index (χ1v) is 15.1. The first-order valence-electron chi connectivity index (χ1n) is 13.2. The Hall–Kier alpha value is -2.63. The Morgan fingerprint density at radius 3 is 2.67 bits per heavy atom. The number of fused-ring (bicyclic) bond motifs is 4. The molecule has 5 atom stereocenters. The van der Waals surface area contributed by atoms with E-state index < -0.39 is 22.6 Å². The molecule has 3 aromatic rings. The maximum absolute atomic E-state index is 15.3. The first-order chi connectivity index (χ1) is 18.4. The fourth-order valence-corrected chi connectivity index (χ4v) is 7.46. The lowest BCUT2D eigenvalue weighted by molar-refractivity contribution is -0.129. The number of hydrogen-bond acceptors (Lipinski definition) is 6. The standard InChI is InChI=1S/C27H31ClFN5O4S/c1-13(35)32-8-6-7-17(32)18-10-15-23(16-11-30-24(28)20(29)21(16)31-25(15)39(5)37)34(18)22-14-9-19(22)33(12-14)26(36)38-27(2,3)4/h10-11,14,17,19,22H,6-9,12H2,1-5H3/t14-,17-,19-,22+,39?/m1/s1. The van der Waals surface area contributed by atoms with E-state index in [4.69, 9.17) is 16.3 Å².